The van der Waals surface area contributed by atoms with Crippen LogP contribution in [0.2, 0.25) is 0 Å². The van der Waals surface area contributed by atoms with Crippen molar-refractivity contribution < 1.29 is 27.6 Å². The zero-order chi connectivity index (χ0) is 10.8. The molecule has 0 heterocycles. The molecule has 0 unspecified atom stereocenters. The summed E-state index contributed by atoms with van der Waals surface area (Å²) in [4.78, 5) is 2.93. The first kappa shape index (κ1) is 11.0. The zero-order valence-corrected chi connectivity index (χ0v) is 6.75. The number of hydrogen-bond acceptors (Lipinski definition) is 2. The molecule has 1 aromatic carbocycles. The molecule has 0 aliphatic heterocycles. The molecule has 0 saturated carbocycles. The second kappa shape index (κ2) is 3.97. The smallest absolute Gasteiger partial charge is 0.421 e. The quantitative estimate of drug-likeness (QED) is 0.586. The van der Waals surface area contributed by atoms with Crippen molar-refractivity contribution in [1.82, 2.24) is 0 Å². The Bertz CT molecular complexity index is 315. The molecule has 0 fully saturated rings. The highest BCUT2D eigenvalue weighted by Gasteiger charge is 2.37. The average Bonchev–Trinajstić information content (AvgIpc) is 2.15. The van der Waals surface area contributed by atoms with E-state index in [1.54, 1.807) is 0 Å². The van der Waals surface area contributed by atoms with Gasteiger partial charge in [-0.3, -0.25) is 0 Å². The second-order valence-corrected chi connectivity index (χ2v) is 2.53. The number of rotatable bonds is 2. The van der Waals surface area contributed by atoms with Gasteiger partial charge in [0.25, 0.3) is 0 Å². The molecule has 0 bridgehead atoms. The van der Waals surface area contributed by atoms with Gasteiger partial charge in [0.2, 0.25) is 0 Å². The van der Waals surface area contributed by atoms with E-state index in [1.165, 1.54) is 6.07 Å². The van der Waals surface area contributed by atoms with Crippen LogP contribution in [0.4, 0.5) is 17.7 Å². The van der Waals surface area contributed by atoms with Crippen molar-refractivity contribution in [2.45, 2.75) is 6.18 Å². The number of halogens is 4. The van der Waals surface area contributed by atoms with E-state index in [2.05, 4.69) is 4.86 Å². The van der Waals surface area contributed by atoms with Crippen molar-refractivity contribution in [3.05, 3.63) is 29.8 Å². The molecule has 0 aliphatic rings. The molecule has 0 atom stereocenters. The summed E-state index contributed by atoms with van der Waals surface area (Å²) in [5.41, 5.74) is -1.77. The Labute approximate surface area is 77.2 Å². The van der Waals surface area contributed by atoms with E-state index in [1.807, 2.05) is 0 Å². The van der Waals surface area contributed by atoms with E-state index in [-0.39, 0.29) is 0 Å². The van der Waals surface area contributed by atoms with Crippen LogP contribution in [0.3, 0.4) is 0 Å². The number of hydrogen-bond donors (Lipinski definition) is 1. The molecule has 0 aliphatic carbocycles. The number of benzene rings is 1. The van der Waals surface area contributed by atoms with Crippen molar-refractivity contribution in [3.8, 4) is 0 Å². The monoisotopic (exact) mass is 208 g/mol. The van der Waals surface area contributed by atoms with Crippen LogP contribution in [0.15, 0.2) is 24.3 Å². The topological polar surface area (TPSA) is 29.5 Å². The van der Waals surface area contributed by atoms with Crippen LogP contribution in [-0.4, -0.2) is 12.1 Å². The van der Waals surface area contributed by atoms with E-state index in [9.17, 15) is 17.7 Å². The third-order valence-corrected chi connectivity index (χ3v) is 1.62. The SMILES string of the molecule is OB(OF)c1ccccc1C(F)(F)F. The normalized spacial score (nSPS) is 11.5. The molecule has 0 amide bonds. The summed E-state index contributed by atoms with van der Waals surface area (Å²) in [6.45, 7) is 0. The van der Waals surface area contributed by atoms with E-state index in [0.29, 0.717) is 0 Å². The van der Waals surface area contributed by atoms with Gasteiger partial charge in [-0.1, -0.05) is 28.8 Å². The predicted molar refractivity (Wildman–Crippen MR) is 41.2 cm³/mol. The summed E-state index contributed by atoms with van der Waals surface area (Å²) in [6, 6.07) is 4.05. The first-order valence-electron chi connectivity index (χ1n) is 3.58. The summed E-state index contributed by atoms with van der Waals surface area (Å²) in [6.07, 6.45) is -4.64. The molecular formula is C7H5BF4O2. The lowest BCUT2D eigenvalue weighted by Crippen LogP contribution is -2.36. The highest BCUT2D eigenvalue weighted by molar-refractivity contribution is 6.60. The maximum Gasteiger partial charge on any atom is 0.530 e. The first-order chi connectivity index (χ1) is 6.46. The Balaban J connectivity index is 3.16. The summed E-state index contributed by atoms with van der Waals surface area (Å²) in [5, 5.41) is 8.78. The molecule has 1 N–H and O–H groups in total. The Morgan fingerprint density at radius 1 is 1.21 bits per heavy atom. The molecule has 0 spiro atoms. The Morgan fingerprint density at radius 3 is 2.29 bits per heavy atom. The molecule has 1 aromatic rings. The Hall–Kier alpha value is -1.08. The minimum Gasteiger partial charge on any atom is -0.421 e. The molecule has 0 aromatic heterocycles. The van der Waals surface area contributed by atoms with Gasteiger partial charge in [-0.25, -0.2) is 4.86 Å². The minimum absolute atomic E-state index is 0.650. The Morgan fingerprint density at radius 2 is 1.79 bits per heavy atom. The molecule has 76 valence electrons. The molecule has 1 rings (SSSR count). The van der Waals surface area contributed by atoms with Gasteiger partial charge >= 0.3 is 13.3 Å². The van der Waals surface area contributed by atoms with Crippen molar-refractivity contribution in [1.29, 1.82) is 0 Å². The fraction of sp³-hybridized carbons (Fsp3) is 0.143. The van der Waals surface area contributed by atoms with Gasteiger partial charge in [-0.2, -0.15) is 13.2 Å². The van der Waals surface area contributed by atoms with Crippen LogP contribution in [0.5, 0.6) is 0 Å². The molecule has 7 heteroatoms. The highest BCUT2D eigenvalue weighted by Crippen LogP contribution is 2.27. The van der Waals surface area contributed by atoms with E-state index >= 15 is 0 Å². The summed E-state index contributed by atoms with van der Waals surface area (Å²) < 4.78 is 48.3. The fourth-order valence-corrected chi connectivity index (χ4v) is 1.02. The lowest BCUT2D eigenvalue weighted by atomic mass is 9.77. The van der Waals surface area contributed by atoms with Gasteiger partial charge in [-0.15, -0.1) is 0 Å². The van der Waals surface area contributed by atoms with Crippen molar-refractivity contribution in [3.63, 3.8) is 0 Å². The van der Waals surface area contributed by atoms with Gasteiger partial charge in [0.15, 0.2) is 0 Å². The largest absolute Gasteiger partial charge is 0.530 e. The maximum absolute atomic E-state index is 12.3. The van der Waals surface area contributed by atoms with Crippen LogP contribution in [-0.2, 0) is 11.0 Å². The van der Waals surface area contributed by atoms with Gasteiger partial charge in [0.05, 0.1) is 5.56 Å². The van der Waals surface area contributed by atoms with Crippen LogP contribution >= 0.6 is 0 Å². The van der Waals surface area contributed by atoms with Gasteiger partial charge in [-0.05, 0) is 5.46 Å². The van der Waals surface area contributed by atoms with Gasteiger partial charge < -0.3 is 5.02 Å². The van der Waals surface area contributed by atoms with Crippen LogP contribution < -0.4 is 5.46 Å². The van der Waals surface area contributed by atoms with Crippen LogP contribution in [0.1, 0.15) is 5.56 Å². The molecule has 14 heavy (non-hydrogen) atoms. The third-order valence-electron chi connectivity index (χ3n) is 1.62. The van der Waals surface area contributed by atoms with Gasteiger partial charge in [0.1, 0.15) is 0 Å². The zero-order valence-electron chi connectivity index (χ0n) is 6.75. The van der Waals surface area contributed by atoms with Crippen LogP contribution in [0.25, 0.3) is 0 Å². The second-order valence-electron chi connectivity index (χ2n) is 2.53. The van der Waals surface area contributed by atoms with E-state index in [4.69, 9.17) is 5.02 Å². The van der Waals surface area contributed by atoms with E-state index in [0.717, 1.165) is 18.2 Å². The molecular weight excluding hydrogens is 203 g/mol. The van der Waals surface area contributed by atoms with E-state index < -0.39 is 24.3 Å². The maximum atomic E-state index is 12.3. The molecule has 0 radical (unpaired) electrons. The number of alkyl halides is 3. The summed E-state index contributed by atoms with van der Waals surface area (Å²) >= 11 is 0. The van der Waals surface area contributed by atoms with Gasteiger partial charge in [0, 0.05) is 0 Å². The highest BCUT2D eigenvalue weighted by atomic mass is 19.4. The standard InChI is InChI=1S/C7H5BF4O2/c9-7(10,11)5-3-1-2-4-6(5)8(13)14-12/h1-4,13H. The third kappa shape index (κ3) is 2.24. The van der Waals surface area contributed by atoms with Crippen molar-refractivity contribution in [2.75, 3.05) is 0 Å². The fourth-order valence-electron chi connectivity index (χ4n) is 1.02. The molecule has 2 nitrogen and oxygen atoms in total. The average molecular weight is 208 g/mol. The minimum atomic E-state index is -4.64. The Kier molecular flexibility index (Phi) is 3.12. The first-order valence-corrected chi connectivity index (χ1v) is 3.58. The van der Waals surface area contributed by atoms with Crippen molar-refractivity contribution in [2.24, 2.45) is 0 Å². The lowest BCUT2D eigenvalue weighted by Gasteiger charge is -2.11. The summed E-state index contributed by atoms with van der Waals surface area (Å²) in [5.74, 6) is 0. The predicted octanol–water partition coefficient (Wildman–Crippen LogP) is 1.29. The summed E-state index contributed by atoms with van der Waals surface area (Å²) in [7, 11) is -2.21. The van der Waals surface area contributed by atoms with Crippen molar-refractivity contribution >= 4 is 12.6 Å². The lowest BCUT2D eigenvalue weighted by molar-refractivity contribution is -0.137. The molecule has 0 saturated heterocycles. The van der Waals surface area contributed by atoms with Crippen LogP contribution in [0, 0.1) is 0 Å².